The molecule has 0 aromatic heterocycles. The minimum absolute atomic E-state index is 0.312. The molecule has 0 amide bonds. The predicted octanol–water partition coefficient (Wildman–Crippen LogP) is 4.13. The largest absolute Gasteiger partial charge is 0.399 e. The summed E-state index contributed by atoms with van der Waals surface area (Å²) in [5.74, 6) is 2.97. The van der Waals surface area contributed by atoms with Gasteiger partial charge in [-0.1, -0.05) is 5.92 Å². The molecule has 0 aliphatic rings. The van der Waals surface area contributed by atoms with Gasteiger partial charge in [0.05, 0.1) is 5.60 Å². The minimum atomic E-state index is -0.698. The summed E-state index contributed by atoms with van der Waals surface area (Å²) in [7, 11) is 1.48. The van der Waals surface area contributed by atoms with E-state index in [4.69, 9.17) is 5.73 Å². The molecule has 5 heteroatoms. The summed E-state index contributed by atoms with van der Waals surface area (Å²) in [4.78, 5) is 0. The first-order chi connectivity index (χ1) is 8.58. The maximum absolute atomic E-state index is 9.28. The van der Waals surface area contributed by atoms with Gasteiger partial charge < -0.3 is 10.8 Å². The summed E-state index contributed by atoms with van der Waals surface area (Å²) in [6.07, 6.45) is 0. The number of rotatable bonds is 1. The molecule has 1 aromatic rings. The van der Waals surface area contributed by atoms with Crippen molar-refractivity contribution in [2.45, 2.75) is 38.0 Å². The van der Waals surface area contributed by atoms with Gasteiger partial charge in [0, 0.05) is 37.2 Å². The lowest BCUT2D eigenvalue weighted by atomic mass is 9.94. The molecule has 0 fully saturated rings. The summed E-state index contributed by atoms with van der Waals surface area (Å²) in [6, 6.07) is 7.52. The highest BCUT2D eigenvalue weighted by molar-refractivity contribution is 14.2. The Labute approximate surface area is 137 Å². The molecule has 0 bridgehead atoms. The zero-order valence-corrected chi connectivity index (χ0v) is 15.4. The molecule has 0 radical (unpaired) electrons. The van der Waals surface area contributed by atoms with Crippen molar-refractivity contribution in [3.8, 4) is 11.2 Å². The molecule has 0 atom stereocenters. The van der Waals surface area contributed by atoms with Crippen molar-refractivity contribution < 1.29 is 5.11 Å². The molecule has 0 saturated carbocycles. The zero-order chi connectivity index (χ0) is 15.1. The number of nitrogens with two attached hydrogens (primary N) is 1. The van der Waals surface area contributed by atoms with Gasteiger partial charge in [-0.2, -0.15) is 12.6 Å². The Hall–Kier alpha value is -0.0300. The summed E-state index contributed by atoms with van der Waals surface area (Å²) in [6.45, 7) is 7.27. The van der Waals surface area contributed by atoms with Crippen molar-refractivity contribution in [2.75, 3.05) is 5.73 Å². The summed E-state index contributed by atoms with van der Waals surface area (Å²) < 4.78 is -0.312. The molecule has 0 heterocycles. The highest BCUT2D eigenvalue weighted by Gasteiger charge is 2.30. The highest BCUT2D eigenvalue weighted by atomic mass is 127. The van der Waals surface area contributed by atoms with E-state index < -0.39 is 5.60 Å². The average Bonchev–Trinajstić information content (AvgIpc) is 2.26. The summed E-state index contributed by atoms with van der Waals surface area (Å²) in [5, 5.41) is 12.2. The Bertz CT molecular complexity index is 424. The van der Waals surface area contributed by atoms with E-state index in [1.54, 1.807) is 13.8 Å². The number of hydrogen-bond donors (Lipinski definition) is 3. The second-order valence-corrected chi connectivity index (χ2v) is 7.84. The minimum Gasteiger partial charge on any atom is -0.399 e. The van der Waals surface area contributed by atoms with Crippen molar-refractivity contribution in [2.24, 2.45) is 0 Å². The molecule has 0 saturated heterocycles. The van der Waals surface area contributed by atoms with Gasteiger partial charge in [-0.15, -0.1) is 0 Å². The van der Waals surface area contributed by atoms with Crippen LogP contribution in [0.4, 0.5) is 5.69 Å². The van der Waals surface area contributed by atoms with Crippen LogP contribution in [0, 0.1) is 11.2 Å². The van der Waals surface area contributed by atoms with E-state index in [0.29, 0.717) is 0 Å². The van der Waals surface area contributed by atoms with E-state index in [9.17, 15) is 5.11 Å². The summed E-state index contributed by atoms with van der Waals surface area (Å²) in [5.41, 5.74) is 6.58. The van der Waals surface area contributed by atoms with Crippen LogP contribution in [0.5, 0.6) is 0 Å². The lowest BCUT2D eigenvalue weighted by Gasteiger charge is -2.32. The van der Waals surface area contributed by atoms with Crippen LogP contribution in [0.1, 0.15) is 33.3 Å². The van der Waals surface area contributed by atoms with Gasteiger partial charge in [0.1, 0.15) is 0 Å². The number of aliphatic hydroxyl groups is 1. The van der Waals surface area contributed by atoms with Crippen molar-refractivity contribution >= 4 is 48.5 Å². The normalized spacial score (nSPS) is 10.9. The van der Waals surface area contributed by atoms with Crippen molar-refractivity contribution in [1.29, 1.82) is 0 Å². The lowest BCUT2D eigenvalue weighted by molar-refractivity contribution is 0.0500. The molecule has 0 aliphatic heterocycles. The van der Waals surface area contributed by atoms with Gasteiger partial charge in [0.2, 0.25) is 0 Å². The van der Waals surface area contributed by atoms with E-state index in [1.165, 1.54) is 8.93 Å². The number of nitrogen functional groups attached to an aromatic ring is 1. The Morgan fingerprint density at radius 3 is 1.95 bits per heavy atom. The van der Waals surface area contributed by atoms with Crippen molar-refractivity contribution in [1.82, 2.24) is 0 Å². The maximum atomic E-state index is 9.28. The van der Waals surface area contributed by atoms with Crippen LogP contribution >= 0.6 is 42.8 Å². The number of hydrogen-bond acceptors (Lipinski definition) is 4. The molecule has 1 aromatic carbocycles. The van der Waals surface area contributed by atoms with Gasteiger partial charge in [0.25, 0.3) is 0 Å². The molecule has 0 spiro atoms. The first-order valence-electron chi connectivity index (χ1n) is 5.67. The van der Waals surface area contributed by atoms with E-state index in [1.807, 2.05) is 38.1 Å². The third kappa shape index (κ3) is 8.69. The topological polar surface area (TPSA) is 46.2 Å². The van der Waals surface area contributed by atoms with Crippen LogP contribution in [-0.2, 0) is 0 Å². The Kier molecular flexibility index (Phi) is 8.29. The quantitative estimate of drug-likeness (QED) is 0.283. The van der Waals surface area contributed by atoms with Crippen LogP contribution in [-0.4, -0.2) is 15.5 Å². The van der Waals surface area contributed by atoms with Gasteiger partial charge >= 0.3 is 0 Å². The SMILES string of the molecule is CC(C)(O)C(C)(C)S.Nc1ccc(C#CSI)cc1. The summed E-state index contributed by atoms with van der Waals surface area (Å²) >= 11 is 6.32. The molecule has 3 N–H and O–H groups in total. The van der Waals surface area contributed by atoms with Crippen LogP contribution in [0.25, 0.3) is 0 Å². The van der Waals surface area contributed by atoms with E-state index in [0.717, 1.165) is 11.3 Å². The number of benzene rings is 1. The number of thiol groups is 1. The second kappa shape index (κ2) is 8.30. The van der Waals surface area contributed by atoms with Crippen molar-refractivity contribution in [3.63, 3.8) is 0 Å². The van der Waals surface area contributed by atoms with Crippen LogP contribution in [0.3, 0.4) is 0 Å². The number of anilines is 1. The molecule has 19 heavy (non-hydrogen) atoms. The number of halogens is 1. The Morgan fingerprint density at radius 1 is 1.21 bits per heavy atom. The molecule has 106 valence electrons. The molecule has 0 unspecified atom stereocenters. The zero-order valence-electron chi connectivity index (χ0n) is 11.6. The van der Waals surface area contributed by atoms with Gasteiger partial charge in [-0.3, -0.25) is 0 Å². The Balaban J connectivity index is 0.000000362. The molecule has 1 rings (SSSR count). The van der Waals surface area contributed by atoms with Crippen molar-refractivity contribution in [3.05, 3.63) is 29.8 Å². The third-order valence-electron chi connectivity index (χ3n) is 2.64. The molecule has 0 aliphatic carbocycles. The van der Waals surface area contributed by atoms with Crippen LogP contribution in [0.15, 0.2) is 24.3 Å². The van der Waals surface area contributed by atoms with Gasteiger partial charge in [0.15, 0.2) is 0 Å². The van der Waals surface area contributed by atoms with Crippen LogP contribution < -0.4 is 5.73 Å². The average molecular weight is 409 g/mol. The van der Waals surface area contributed by atoms with E-state index in [2.05, 4.69) is 45.0 Å². The third-order valence-corrected chi connectivity index (χ3v) is 4.03. The fourth-order valence-corrected chi connectivity index (χ4v) is 1.13. The fourth-order valence-electron chi connectivity index (χ4n) is 0.645. The standard InChI is InChI=1S/C8H6INS.C6H14OS/c9-11-6-5-7-1-3-8(10)4-2-7;1-5(2,7)6(3,4)8/h1-4H,10H2;7-8H,1-4H3. The lowest BCUT2D eigenvalue weighted by Crippen LogP contribution is -2.40. The smallest absolute Gasteiger partial charge is 0.0729 e. The molecular weight excluding hydrogens is 389 g/mol. The fraction of sp³-hybridized carbons (Fsp3) is 0.429. The van der Waals surface area contributed by atoms with Crippen LogP contribution in [0.2, 0.25) is 0 Å². The second-order valence-electron chi connectivity index (χ2n) is 5.04. The first kappa shape index (κ1) is 19.0. The maximum Gasteiger partial charge on any atom is 0.0729 e. The molecular formula is C14H20INOS2. The Morgan fingerprint density at radius 2 is 1.63 bits per heavy atom. The molecule has 2 nitrogen and oxygen atoms in total. The van der Waals surface area contributed by atoms with E-state index >= 15 is 0 Å². The monoisotopic (exact) mass is 409 g/mol. The highest BCUT2D eigenvalue weighted by Crippen LogP contribution is 2.26. The van der Waals surface area contributed by atoms with Gasteiger partial charge in [-0.05, 0) is 66.1 Å². The first-order valence-corrected chi connectivity index (χ1v) is 9.47. The predicted molar refractivity (Wildman–Crippen MR) is 98.7 cm³/mol. The van der Waals surface area contributed by atoms with E-state index in [-0.39, 0.29) is 4.75 Å². The van der Waals surface area contributed by atoms with Gasteiger partial charge in [-0.25, -0.2) is 0 Å².